The minimum absolute atomic E-state index is 0.750. The molecule has 0 amide bonds. The van der Waals surface area contributed by atoms with E-state index in [-0.39, 0.29) is 0 Å². The van der Waals surface area contributed by atoms with E-state index < -0.39 is 0 Å². The van der Waals surface area contributed by atoms with Crippen molar-refractivity contribution >= 4 is 39.4 Å². The molecule has 0 radical (unpaired) electrons. The number of hydrogen-bond acceptors (Lipinski definition) is 3. The van der Waals surface area contributed by atoms with Crippen LogP contribution in [0.4, 0.5) is 5.69 Å². The maximum absolute atomic E-state index is 6.09. The largest absolute Gasteiger partial charge is 0.491 e. The second-order valence-electron chi connectivity index (χ2n) is 6.21. The first-order chi connectivity index (χ1) is 11.8. The van der Waals surface area contributed by atoms with Crippen LogP contribution in [0.3, 0.4) is 0 Å². The molecule has 0 N–H and O–H groups in total. The van der Waals surface area contributed by atoms with Gasteiger partial charge < -0.3 is 9.64 Å². The Kier molecular flexibility index (Phi) is 4.03. The Balaban J connectivity index is 1.95. The molecular weight excluding hydrogens is 314 g/mol. The summed E-state index contributed by atoms with van der Waals surface area (Å²) in [6.07, 6.45) is 3.36. The molecular formula is C21H21NOS. The van der Waals surface area contributed by atoms with E-state index in [1.165, 1.54) is 32.5 Å². The van der Waals surface area contributed by atoms with Crippen LogP contribution in [0.5, 0.6) is 5.75 Å². The molecule has 0 saturated carbocycles. The molecule has 2 nitrogen and oxygen atoms in total. The molecule has 2 heterocycles. The van der Waals surface area contributed by atoms with Gasteiger partial charge in [0.05, 0.1) is 12.3 Å². The van der Waals surface area contributed by atoms with Gasteiger partial charge in [0.25, 0.3) is 0 Å². The summed E-state index contributed by atoms with van der Waals surface area (Å²) in [6, 6.07) is 15.1. The smallest absolute Gasteiger partial charge is 0.143 e. The summed E-state index contributed by atoms with van der Waals surface area (Å²) >= 11 is 1.80. The third kappa shape index (κ3) is 2.59. The average Bonchev–Trinajstić information content (AvgIpc) is 3.14. The summed E-state index contributed by atoms with van der Waals surface area (Å²) in [4.78, 5) is 3.67. The SMILES string of the molecule is CCCOc1cc2ccccc2c2c1N(C)CC(c1cccs1)=C2. The van der Waals surface area contributed by atoms with Crippen LogP contribution in [0, 0.1) is 0 Å². The molecule has 0 bridgehead atoms. The molecule has 0 unspecified atom stereocenters. The fraction of sp³-hybridized carbons (Fsp3) is 0.238. The Labute approximate surface area is 147 Å². The zero-order valence-corrected chi connectivity index (χ0v) is 14.9. The van der Waals surface area contributed by atoms with Crippen molar-refractivity contribution in [2.75, 3.05) is 25.1 Å². The van der Waals surface area contributed by atoms with Gasteiger partial charge in [-0.1, -0.05) is 37.3 Å². The van der Waals surface area contributed by atoms with Crippen LogP contribution >= 0.6 is 11.3 Å². The number of anilines is 1. The van der Waals surface area contributed by atoms with Gasteiger partial charge in [-0.25, -0.2) is 0 Å². The number of thiophene rings is 1. The molecule has 0 saturated heterocycles. The third-order valence-electron chi connectivity index (χ3n) is 4.43. The Bertz CT molecular complexity index is 896. The minimum atomic E-state index is 0.750. The molecule has 3 heteroatoms. The Hall–Kier alpha value is -2.26. The number of nitrogens with zero attached hydrogens (tertiary/aromatic N) is 1. The lowest BCUT2D eigenvalue weighted by atomic mass is 9.95. The van der Waals surface area contributed by atoms with E-state index in [4.69, 9.17) is 4.74 Å². The number of fused-ring (bicyclic) bond motifs is 3. The summed E-state index contributed by atoms with van der Waals surface area (Å²) in [6.45, 7) is 3.81. The van der Waals surface area contributed by atoms with Crippen LogP contribution in [0.2, 0.25) is 0 Å². The van der Waals surface area contributed by atoms with E-state index in [9.17, 15) is 0 Å². The van der Waals surface area contributed by atoms with Crippen molar-refractivity contribution < 1.29 is 4.74 Å². The zero-order chi connectivity index (χ0) is 16.5. The van der Waals surface area contributed by atoms with Gasteiger partial charge in [-0.05, 0) is 46.4 Å². The summed E-state index contributed by atoms with van der Waals surface area (Å²) in [5.74, 6) is 0.995. The standard InChI is InChI=1S/C21H21NOS/c1-3-10-23-19-13-15-7-4-5-8-17(15)18-12-16(14-22(2)21(18)19)20-9-6-11-24-20/h4-9,11-13H,3,10,14H2,1-2H3. The molecule has 0 aliphatic carbocycles. The van der Waals surface area contributed by atoms with Crippen LogP contribution in [0.15, 0.2) is 47.8 Å². The van der Waals surface area contributed by atoms with E-state index in [1.54, 1.807) is 11.3 Å². The van der Waals surface area contributed by atoms with Crippen molar-refractivity contribution in [3.63, 3.8) is 0 Å². The van der Waals surface area contributed by atoms with Crippen LogP contribution in [-0.4, -0.2) is 20.2 Å². The van der Waals surface area contributed by atoms with E-state index >= 15 is 0 Å². The first-order valence-electron chi connectivity index (χ1n) is 8.42. The molecule has 1 aliphatic rings. The summed E-state index contributed by atoms with van der Waals surface area (Å²) in [5.41, 5.74) is 3.86. The van der Waals surface area contributed by atoms with Gasteiger partial charge in [0.15, 0.2) is 0 Å². The predicted octanol–water partition coefficient (Wildman–Crippen LogP) is 5.68. The van der Waals surface area contributed by atoms with Crippen molar-refractivity contribution in [1.82, 2.24) is 0 Å². The molecule has 3 aromatic rings. The molecule has 1 aromatic heterocycles. The molecule has 0 fully saturated rings. The lowest BCUT2D eigenvalue weighted by Gasteiger charge is -2.30. The molecule has 1 aliphatic heterocycles. The number of benzene rings is 2. The van der Waals surface area contributed by atoms with Gasteiger partial charge >= 0.3 is 0 Å². The zero-order valence-electron chi connectivity index (χ0n) is 14.1. The highest BCUT2D eigenvalue weighted by Crippen LogP contribution is 2.43. The number of hydrogen-bond donors (Lipinski definition) is 0. The van der Waals surface area contributed by atoms with E-state index in [0.717, 1.165) is 25.3 Å². The first kappa shape index (κ1) is 15.3. The lowest BCUT2D eigenvalue weighted by Crippen LogP contribution is -2.24. The lowest BCUT2D eigenvalue weighted by molar-refractivity contribution is 0.318. The number of likely N-dealkylation sites (N-methyl/N-ethyl adjacent to an activating group) is 1. The van der Waals surface area contributed by atoms with Crippen LogP contribution < -0.4 is 9.64 Å². The topological polar surface area (TPSA) is 12.5 Å². The summed E-state index contributed by atoms with van der Waals surface area (Å²) in [5, 5.41) is 4.67. The molecule has 0 spiro atoms. The van der Waals surface area contributed by atoms with Gasteiger partial charge in [-0.3, -0.25) is 0 Å². The predicted molar refractivity (Wildman–Crippen MR) is 105 cm³/mol. The Morgan fingerprint density at radius 3 is 2.83 bits per heavy atom. The highest BCUT2D eigenvalue weighted by Gasteiger charge is 2.23. The van der Waals surface area contributed by atoms with Crippen LogP contribution in [0.25, 0.3) is 22.4 Å². The average molecular weight is 335 g/mol. The van der Waals surface area contributed by atoms with Crippen molar-refractivity contribution in [3.8, 4) is 5.75 Å². The maximum atomic E-state index is 6.09. The van der Waals surface area contributed by atoms with Crippen molar-refractivity contribution in [1.29, 1.82) is 0 Å². The van der Waals surface area contributed by atoms with Crippen LogP contribution in [0.1, 0.15) is 23.8 Å². The normalized spacial score (nSPS) is 13.8. The number of rotatable bonds is 4. The van der Waals surface area contributed by atoms with Crippen LogP contribution in [-0.2, 0) is 0 Å². The van der Waals surface area contributed by atoms with E-state index in [1.807, 2.05) is 0 Å². The van der Waals surface area contributed by atoms with E-state index in [2.05, 4.69) is 72.8 Å². The fourth-order valence-electron chi connectivity index (χ4n) is 3.36. The molecule has 4 rings (SSSR count). The maximum Gasteiger partial charge on any atom is 0.143 e. The van der Waals surface area contributed by atoms with Crippen molar-refractivity contribution in [3.05, 3.63) is 58.3 Å². The Morgan fingerprint density at radius 1 is 1.17 bits per heavy atom. The van der Waals surface area contributed by atoms with Gasteiger partial charge in [0, 0.05) is 24.0 Å². The second-order valence-corrected chi connectivity index (χ2v) is 7.16. The molecule has 122 valence electrons. The quantitative estimate of drug-likeness (QED) is 0.608. The highest BCUT2D eigenvalue weighted by atomic mass is 32.1. The molecule has 24 heavy (non-hydrogen) atoms. The van der Waals surface area contributed by atoms with Gasteiger partial charge in [-0.15, -0.1) is 11.3 Å². The fourth-order valence-corrected chi connectivity index (χ4v) is 4.10. The monoisotopic (exact) mass is 335 g/mol. The highest BCUT2D eigenvalue weighted by molar-refractivity contribution is 7.11. The number of ether oxygens (including phenoxy) is 1. The van der Waals surface area contributed by atoms with Crippen molar-refractivity contribution in [2.45, 2.75) is 13.3 Å². The second kappa shape index (κ2) is 6.33. The third-order valence-corrected chi connectivity index (χ3v) is 5.38. The summed E-state index contributed by atoms with van der Waals surface area (Å²) in [7, 11) is 2.16. The van der Waals surface area contributed by atoms with Gasteiger partial charge in [0.2, 0.25) is 0 Å². The minimum Gasteiger partial charge on any atom is -0.491 e. The summed E-state index contributed by atoms with van der Waals surface area (Å²) < 4.78 is 6.09. The Morgan fingerprint density at radius 2 is 2.04 bits per heavy atom. The van der Waals surface area contributed by atoms with E-state index in [0.29, 0.717) is 0 Å². The van der Waals surface area contributed by atoms with Gasteiger partial charge in [-0.2, -0.15) is 0 Å². The molecule has 0 atom stereocenters. The first-order valence-corrected chi connectivity index (χ1v) is 9.30. The molecule has 2 aromatic carbocycles. The van der Waals surface area contributed by atoms with Crippen molar-refractivity contribution in [2.24, 2.45) is 0 Å². The van der Waals surface area contributed by atoms with Gasteiger partial charge in [0.1, 0.15) is 5.75 Å².